The molecule has 2 heterocycles. The van der Waals surface area contributed by atoms with Crippen molar-refractivity contribution in [2.24, 2.45) is 0 Å². The summed E-state index contributed by atoms with van der Waals surface area (Å²) in [6.07, 6.45) is 2.62. The maximum absolute atomic E-state index is 11.4. The van der Waals surface area contributed by atoms with Crippen LogP contribution in [-0.4, -0.2) is 32.6 Å². The van der Waals surface area contributed by atoms with E-state index in [1.54, 1.807) is 0 Å². The van der Waals surface area contributed by atoms with Crippen LogP contribution in [0.25, 0.3) is 0 Å². The van der Waals surface area contributed by atoms with Gasteiger partial charge >= 0.3 is 0 Å². The van der Waals surface area contributed by atoms with Gasteiger partial charge in [0.25, 0.3) is 0 Å². The standard InChI is InChI=1S/C13H17NO3S/c15-18(16)7-5-12(9-18)17-11-3-4-13-10(8-11)2-1-6-14-13/h3-4,8,12,14H,1-2,5-7,9H2. The van der Waals surface area contributed by atoms with Crippen molar-refractivity contribution in [2.45, 2.75) is 25.4 Å². The Bertz CT molecular complexity index is 553. The van der Waals surface area contributed by atoms with Crippen LogP contribution in [0, 0.1) is 0 Å². The first kappa shape index (κ1) is 11.8. The van der Waals surface area contributed by atoms with Gasteiger partial charge < -0.3 is 10.1 Å². The molecule has 1 aromatic carbocycles. The van der Waals surface area contributed by atoms with Gasteiger partial charge in [-0.25, -0.2) is 8.42 Å². The lowest BCUT2D eigenvalue weighted by atomic mass is 10.0. The van der Waals surface area contributed by atoms with Gasteiger partial charge in [0, 0.05) is 12.2 Å². The Kier molecular flexibility index (Phi) is 2.93. The van der Waals surface area contributed by atoms with Crippen LogP contribution in [0.5, 0.6) is 5.75 Å². The third-order valence-electron chi connectivity index (χ3n) is 3.51. The van der Waals surface area contributed by atoms with E-state index in [0.717, 1.165) is 25.1 Å². The summed E-state index contributed by atoms with van der Waals surface area (Å²) in [6.45, 7) is 1.02. The molecule has 0 aliphatic carbocycles. The van der Waals surface area contributed by atoms with Crippen molar-refractivity contribution >= 4 is 15.5 Å². The van der Waals surface area contributed by atoms with E-state index in [2.05, 4.69) is 5.32 Å². The van der Waals surface area contributed by atoms with Crippen LogP contribution in [-0.2, 0) is 16.3 Å². The zero-order chi connectivity index (χ0) is 12.6. The Morgan fingerprint density at radius 3 is 3.00 bits per heavy atom. The minimum absolute atomic E-state index is 0.155. The quantitative estimate of drug-likeness (QED) is 0.884. The highest BCUT2D eigenvalue weighted by Crippen LogP contribution is 2.28. The average Bonchev–Trinajstić information content (AvgIpc) is 2.68. The maximum atomic E-state index is 11.4. The molecule has 2 aliphatic heterocycles. The van der Waals surface area contributed by atoms with E-state index in [0.29, 0.717) is 6.42 Å². The largest absolute Gasteiger partial charge is 0.489 e. The minimum Gasteiger partial charge on any atom is -0.489 e. The third-order valence-corrected chi connectivity index (χ3v) is 5.25. The van der Waals surface area contributed by atoms with Crippen molar-refractivity contribution in [3.8, 4) is 5.75 Å². The van der Waals surface area contributed by atoms with Crippen molar-refractivity contribution < 1.29 is 13.2 Å². The molecule has 5 heteroatoms. The smallest absolute Gasteiger partial charge is 0.154 e. The molecule has 0 aromatic heterocycles. The van der Waals surface area contributed by atoms with E-state index in [9.17, 15) is 8.42 Å². The summed E-state index contributed by atoms with van der Waals surface area (Å²) in [7, 11) is -2.87. The minimum atomic E-state index is -2.87. The molecule has 1 saturated heterocycles. The number of rotatable bonds is 2. The molecule has 0 bridgehead atoms. The van der Waals surface area contributed by atoms with Crippen LogP contribution < -0.4 is 10.1 Å². The number of hydrogen-bond acceptors (Lipinski definition) is 4. The van der Waals surface area contributed by atoms with Gasteiger partial charge in [-0.3, -0.25) is 0 Å². The number of ether oxygens (including phenoxy) is 1. The normalized spacial score (nSPS) is 25.2. The molecule has 1 unspecified atom stereocenters. The second kappa shape index (κ2) is 4.46. The molecule has 18 heavy (non-hydrogen) atoms. The summed E-state index contributed by atoms with van der Waals surface area (Å²) < 4.78 is 28.5. The Morgan fingerprint density at radius 1 is 1.33 bits per heavy atom. The number of aryl methyl sites for hydroxylation is 1. The summed E-state index contributed by atoms with van der Waals surface area (Å²) in [4.78, 5) is 0. The van der Waals surface area contributed by atoms with Gasteiger partial charge in [0.2, 0.25) is 0 Å². The lowest BCUT2D eigenvalue weighted by Gasteiger charge is -2.20. The zero-order valence-electron chi connectivity index (χ0n) is 10.2. The molecular formula is C13H17NO3S. The molecule has 0 spiro atoms. The molecule has 0 radical (unpaired) electrons. The Labute approximate surface area is 107 Å². The van der Waals surface area contributed by atoms with Crippen molar-refractivity contribution in [1.29, 1.82) is 0 Å². The van der Waals surface area contributed by atoms with Gasteiger partial charge in [0.15, 0.2) is 9.84 Å². The molecule has 1 N–H and O–H groups in total. The molecular weight excluding hydrogens is 250 g/mol. The second-order valence-electron chi connectivity index (χ2n) is 4.99. The highest BCUT2D eigenvalue weighted by molar-refractivity contribution is 7.91. The van der Waals surface area contributed by atoms with E-state index in [-0.39, 0.29) is 17.6 Å². The number of hydrogen-bond donors (Lipinski definition) is 1. The number of fused-ring (bicyclic) bond motifs is 1. The Morgan fingerprint density at radius 2 is 2.22 bits per heavy atom. The molecule has 3 rings (SSSR count). The molecule has 0 amide bonds. The topological polar surface area (TPSA) is 55.4 Å². The highest BCUT2D eigenvalue weighted by atomic mass is 32.2. The SMILES string of the molecule is O=S1(=O)CCC(Oc2ccc3c(c2)CCCN3)C1. The second-order valence-corrected chi connectivity index (χ2v) is 7.22. The van der Waals surface area contributed by atoms with Gasteiger partial charge in [-0.05, 0) is 43.0 Å². The van der Waals surface area contributed by atoms with Crippen LogP contribution in [0.15, 0.2) is 18.2 Å². The fourth-order valence-corrected chi connectivity index (χ4v) is 4.16. The van der Waals surface area contributed by atoms with Gasteiger partial charge in [0.05, 0.1) is 11.5 Å². The third kappa shape index (κ3) is 2.46. The van der Waals surface area contributed by atoms with E-state index < -0.39 is 9.84 Å². The summed E-state index contributed by atoms with van der Waals surface area (Å²) in [5.74, 6) is 1.20. The first-order valence-corrected chi connectivity index (χ1v) is 8.18. The highest BCUT2D eigenvalue weighted by Gasteiger charge is 2.29. The van der Waals surface area contributed by atoms with Gasteiger partial charge in [-0.15, -0.1) is 0 Å². The molecule has 2 aliphatic rings. The Balaban J connectivity index is 1.74. The summed E-state index contributed by atoms with van der Waals surface area (Å²) in [5, 5.41) is 3.35. The molecule has 0 saturated carbocycles. The zero-order valence-corrected chi connectivity index (χ0v) is 11.0. The number of nitrogens with one attached hydrogen (secondary N) is 1. The van der Waals surface area contributed by atoms with Crippen molar-refractivity contribution in [3.05, 3.63) is 23.8 Å². The van der Waals surface area contributed by atoms with Crippen LogP contribution in [0.2, 0.25) is 0 Å². The maximum Gasteiger partial charge on any atom is 0.154 e. The van der Waals surface area contributed by atoms with Crippen molar-refractivity contribution in [1.82, 2.24) is 0 Å². The van der Waals surface area contributed by atoms with Crippen LogP contribution in [0.1, 0.15) is 18.4 Å². The monoisotopic (exact) mass is 267 g/mol. The van der Waals surface area contributed by atoms with Crippen molar-refractivity contribution in [2.75, 3.05) is 23.4 Å². The van der Waals surface area contributed by atoms with Gasteiger partial charge in [-0.2, -0.15) is 0 Å². The Hall–Kier alpha value is -1.23. The van der Waals surface area contributed by atoms with Crippen LogP contribution in [0.4, 0.5) is 5.69 Å². The predicted octanol–water partition coefficient (Wildman–Crippen LogP) is 1.61. The summed E-state index contributed by atoms with van der Waals surface area (Å²) >= 11 is 0. The number of sulfone groups is 1. The average molecular weight is 267 g/mol. The number of anilines is 1. The molecule has 1 atom stereocenters. The van der Waals surface area contributed by atoms with E-state index >= 15 is 0 Å². The fourth-order valence-electron chi connectivity index (χ4n) is 2.57. The van der Waals surface area contributed by atoms with E-state index in [4.69, 9.17) is 4.74 Å². The van der Waals surface area contributed by atoms with Crippen LogP contribution >= 0.6 is 0 Å². The van der Waals surface area contributed by atoms with E-state index in [1.165, 1.54) is 11.3 Å². The molecule has 4 nitrogen and oxygen atoms in total. The molecule has 98 valence electrons. The first-order chi connectivity index (χ1) is 8.62. The summed E-state index contributed by atoms with van der Waals surface area (Å²) in [6, 6.07) is 5.97. The van der Waals surface area contributed by atoms with Crippen LogP contribution in [0.3, 0.4) is 0 Å². The molecule has 1 aromatic rings. The van der Waals surface area contributed by atoms with E-state index in [1.807, 2.05) is 18.2 Å². The van der Waals surface area contributed by atoms with Crippen molar-refractivity contribution in [3.63, 3.8) is 0 Å². The lowest BCUT2D eigenvalue weighted by Crippen LogP contribution is -2.18. The fraction of sp³-hybridized carbons (Fsp3) is 0.538. The lowest BCUT2D eigenvalue weighted by molar-refractivity contribution is 0.228. The van der Waals surface area contributed by atoms with Gasteiger partial charge in [0.1, 0.15) is 11.9 Å². The number of benzene rings is 1. The predicted molar refractivity (Wildman–Crippen MR) is 70.9 cm³/mol. The first-order valence-electron chi connectivity index (χ1n) is 6.36. The van der Waals surface area contributed by atoms with Gasteiger partial charge in [-0.1, -0.05) is 0 Å². The molecule has 1 fully saturated rings. The summed E-state index contributed by atoms with van der Waals surface area (Å²) in [5.41, 5.74) is 2.44.